The third kappa shape index (κ3) is 1.33. The number of phenolic OH excluding ortho intramolecular Hbond substituents is 2. The van der Waals surface area contributed by atoms with Crippen LogP contribution in [0.4, 0.5) is 0 Å². The Morgan fingerprint density at radius 3 is 2.40 bits per heavy atom. The van der Waals surface area contributed by atoms with Crippen LogP contribution in [0.15, 0.2) is 18.2 Å². The molecule has 1 aliphatic carbocycles. The van der Waals surface area contributed by atoms with Gasteiger partial charge in [-0.25, -0.2) is 0 Å². The lowest BCUT2D eigenvalue weighted by molar-refractivity contribution is -0.126. The Hall–Kier alpha value is -2.02. The van der Waals surface area contributed by atoms with Crippen molar-refractivity contribution in [1.29, 1.82) is 5.26 Å². The van der Waals surface area contributed by atoms with Gasteiger partial charge in [-0.15, -0.1) is 0 Å². The maximum absolute atomic E-state index is 10.9. The standard InChI is InChI=1S/C11H9NO3/c12-6-11(4-8(13)5-11)7-1-2-9(14)10(15)3-7/h1-3,14-15H,4-5H2. The van der Waals surface area contributed by atoms with E-state index in [0.717, 1.165) is 0 Å². The lowest BCUT2D eigenvalue weighted by Gasteiger charge is -2.34. The van der Waals surface area contributed by atoms with Crippen molar-refractivity contribution < 1.29 is 15.0 Å². The second-order valence-electron chi connectivity index (χ2n) is 3.79. The number of carbonyl (C=O) groups excluding carboxylic acids is 1. The van der Waals surface area contributed by atoms with Crippen LogP contribution in [-0.2, 0) is 10.2 Å². The van der Waals surface area contributed by atoms with E-state index in [9.17, 15) is 9.90 Å². The Balaban J connectivity index is 2.42. The number of nitriles is 1. The molecule has 1 fully saturated rings. The number of rotatable bonds is 1. The van der Waals surface area contributed by atoms with Crippen LogP contribution in [0.3, 0.4) is 0 Å². The van der Waals surface area contributed by atoms with E-state index in [2.05, 4.69) is 6.07 Å². The zero-order valence-electron chi connectivity index (χ0n) is 7.90. The molecule has 1 aliphatic rings. The maximum Gasteiger partial charge on any atom is 0.157 e. The Kier molecular flexibility index (Phi) is 1.90. The van der Waals surface area contributed by atoms with Crippen molar-refractivity contribution in [2.45, 2.75) is 18.3 Å². The predicted molar refractivity (Wildman–Crippen MR) is 51.3 cm³/mol. The first-order valence-electron chi connectivity index (χ1n) is 4.53. The average Bonchev–Trinajstić information content (AvgIpc) is 2.17. The maximum atomic E-state index is 10.9. The fourth-order valence-corrected chi connectivity index (χ4v) is 1.79. The van der Waals surface area contributed by atoms with Crippen LogP contribution in [-0.4, -0.2) is 16.0 Å². The van der Waals surface area contributed by atoms with E-state index in [1.807, 2.05) is 0 Å². The van der Waals surface area contributed by atoms with Crippen molar-refractivity contribution in [3.05, 3.63) is 23.8 Å². The summed E-state index contributed by atoms with van der Waals surface area (Å²) < 4.78 is 0. The van der Waals surface area contributed by atoms with Gasteiger partial charge < -0.3 is 10.2 Å². The molecule has 0 aliphatic heterocycles. The number of Topliss-reactive ketones (excluding diaryl/α,β-unsaturated/α-hetero) is 1. The number of phenols is 2. The number of benzene rings is 1. The van der Waals surface area contributed by atoms with Crippen molar-refractivity contribution in [1.82, 2.24) is 0 Å². The highest BCUT2D eigenvalue weighted by atomic mass is 16.3. The van der Waals surface area contributed by atoms with E-state index in [1.54, 1.807) is 6.07 Å². The monoisotopic (exact) mass is 203 g/mol. The van der Waals surface area contributed by atoms with E-state index >= 15 is 0 Å². The van der Waals surface area contributed by atoms with Crippen LogP contribution in [0.1, 0.15) is 18.4 Å². The van der Waals surface area contributed by atoms with Gasteiger partial charge in [-0.3, -0.25) is 4.79 Å². The minimum Gasteiger partial charge on any atom is -0.504 e. The first kappa shape index (κ1) is 9.53. The van der Waals surface area contributed by atoms with E-state index in [4.69, 9.17) is 10.4 Å². The zero-order chi connectivity index (χ0) is 11.1. The molecule has 0 atom stereocenters. The Bertz CT molecular complexity index is 465. The molecular formula is C11H9NO3. The summed E-state index contributed by atoms with van der Waals surface area (Å²) in [6.07, 6.45) is 0.376. The third-order valence-electron chi connectivity index (χ3n) is 2.74. The first-order valence-corrected chi connectivity index (χ1v) is 4.53. The topological polar surface area (TPSA) is 81.3 Å². The summed E-state index contributed by atoms with van der Waals surface area (Å²) in [6, 6.07) is 6.32. The lowest BCUT2D eigenvalue weighted by atomic mass is 9.65. The number of nitrogens with zero attached hydrogens (tertiary/aromatic N) is 1. The summed E-state index contributed by atoms with van der Waals surface area (Å²) in [5.74, 6) is -0.442. The zero-order valence-corrected chi connectivity index (χ0v) is 7.90. The Morgan fingerprint density at radius 1 is 1.27 bits per heavy atom. The number of carbonyl (C=O) groups is 1. The van der Waals surface area contributed by atoms with Gasteiger partial charge in [-0.05, 0) is 17.7 Å². The van der Waals surface area contributed by atoms with Gasteiger partial charge in [-0.2, -0.15) is 5.26 Å². The van der Waals surface area contributed by atoms with Crippen LogP contribution >= 0.6 is 0 Å². The van der Waals surface area contributed by atoms with Gasteiger partial charge >= 0.3 is 0 Å². The smallest absolute Gasteiger partial charge is 0.157 e. The second-order valence-corrected chi connectivity index (χ2v) is 3.79. The van der Waals surface area contributed by atoms with E-state index in [1.165, 1.54) is 12.1 Å². The van der Waals surface area contributed by atoms with Gasteiger partial charge in [0.15, 0.2) is 11.5 Å². The minimum absolute atomic E-state index is 0.0455. The highest BCUT2D eigenvalue weighted by Gasteiger charge is 2.45. The molecule has 1 aromatic rings. The number of hydrogen-bond acceptors (Lipinski definition) is 4. The number of ketones is 1. The van der Waals surface area contributed by atoms with E-state index in [-0.39, 0.29) is 30.1 Å². The Labute approximate surface area is 86.4 Å². The molecule has 2 rings (SSSR count). The normalized spacial score (nSPS) is 17.9. The Morgan fingerprint density at radius 2 is 1.93 bits per heavy atom. The molecule has 2 N–H and O–H groups in total. The molecule has 0 radical (unpaired) electrons. The molecule has 0 saturated heterocycles. The molecule has 76 valence electrons. The van der Waals surface area contributed by atoms with Gasteiger partial charge in [-0.1, -0.05) is 6.07 Å². The summed E-state index contributed by atoms with van der Waals surface area (Å²) in [5, 5.41) is 27.4. The second kappa shape index (κ2) is 2.99. The quantitative estimate of drug-likeness (QED) is 0.672. The molecule has 0 aromatic heterocycles. The van der Waals surface area contributed by atoms with Crippen LogP contribution < -0.4 is 0 Å². The molecule has 1 saturated carbocycles. The molecule has 0 spiro atoms. The van der Waals surface area contributed by atoms with Crippen molar-refractivity contribution in [2.75, 3.05) is 0 Å². The summed E-state index contributed by atoms with van der Waals surface area (Å²) >= 11 is 0. The van der Waals surface area contributed by atoms with Crippen molar-refractivity contribution >= 4 is 5.78 Å². The van der Waals surface area contributed by atoms with Gasteiger partial charge in [0.25, 0.3) is 0 Å². The molecule has 1 aromatic carbocycles. The van der Waals surface area contributed by atoms with Crippen LogP contribution in [0.25, 0.3) is 0 Å². The third-order valence-corrected chi connectivity index (χ3v) is 2.74. The van der Waals surface area contributed by atoms with Gasteiger partial charge in [0.2, 0.25) is 0 Å². The highest BCUT2D eigenvalue weighted by molar-refractivity contribution is 5.90. The van der Waals surface area contributed by atoms with Crippen LogP contribution in [0.5, 0.6) is 11.5 Å². The molecule has 0 heterocycles. The molecule has 0 unspecified atom stereocenters. The predicted octanol–water partition coefficient (Wildman–Crippen LogP) is 1.22. The van der Waals surface area contributed by atoms with E-state index in [0.29, 0.717) is 5.56 Å². The minimum atomic E-state index is -0.803. The first-order chi connectivity index (χ1) is 7.07. The largest absolute Gasteiger partial charge is 0.504 e. The van der Waals surface area contributed by atoms with Crippen molar-refractivity contribution in [3.8, 4) is 17.6 Å². The average molecular weight is 203 g/mol. The fourth-order valence-electron chi connectivity index (χ4n) is 1.79. The van der Waals surface area contributed by atoms with E-state index < -0.39 is 5.41 Å². The van der Waals surface area contributed by atoms with Crippen molar-refractivity contribution in [3.63, 3.8) is 0 Å². The molecule has 15 heavy (non-hydrogen) atoms. The molecule has 4 nitrogen and oxygen atoms in total. The summed E-state index contributed by atoms with van der Waals surface area (Å²) in [7, 11) is 0. The molecular weight excluding hydrogens is 194 g/mol. The van der Waals surface area contributed by atoms with Crippen LogP contribution in [0, 0.1) is 11.3 Å². The summed E-state index contributed by atoms with van der Waals surface area (Å²) in [4.78, 5) is 10.9. The summed E-state index contributed by atoms with van der Waals surface area (Å²) in [5.41, 5.74) is -0.220. The SMILES string of the molecule is N#CC1(c2ccc(O)c(O)c2)CC(=O)C1. The molecule has 0 bridgehead atoms. The highest BCUT2D eigenvalue weighted by Crippen LogP contribution is 2.42. The molecule has 4 heteroatoms. The van der Waals surface area contributed by atoms with Gasteiger partial charge in [0, 0.05) is 12.8 Å². The lowest BCUT2D eigenvalue weighted by Crippen LogP contribution is -2.40. The van der Waals surface area contributed by atoms with Gasteiger partial charge in [0.1, 0.15) is 5.78 Å². The number of hydrogen-bond donors (Lipinski definition) is 2. The fraction of sp³-hybridized carbons (Fsp3) is 0.273. The van der Waals surface area contributed by atoms with Crippen molar-refractivity contribution in [2.24, 2.45) is 0 Å². The molecule has 0 amide bonds. The van der Waals surface area contributed by atoms with Gasteiger partial charge in [0.05, 0.1) is 11.5 Å². The number of aromatic hydroxyl groups is 2. The summed E-state index contributed by atoms with van der Waals surface area (Å²) in [6.45, 7) is 0. The van der Waals surface area contributed by atoms with Crippen LogP contribution in [0.2, 0.25) is 0 Å².